The first-order valence-electron chi connectivity index (χ1n) is 24.5. The minimum absolute atomic E-state index is 0.0146. The van der Waals surface area contributed by atoms with Crippen LogP contribution >= 0.6 is 0 Å². The summed E-state index contributed by atoms with van der Waals surface area (Å²) in [7, 11) is 0. The largest absolute Gasteiger partial charge is 0.479 e. The van der Waals surface area contributed by atoms with E-state index in [0.29, 0.717) is 38.5 Å². The second-order valence-corrected chi connectivity index (χ2v) is 23.6. The molecular weight excluding hydrogens is 897 g/mol. The van der Waals surface area contributed by atoms with Crippen molar-refractivity contribution in [2.75, 3.05) is 19.8 Å². The molecule has 0 aromatic carbocycles. The van der Waals surface area contributed by atoms with E-state index in [-0.39, 0.29) is 17.8 Å². The van der Waals surface area contributed by atoms with Gasteiger partial charge in [-0.3, -0.25) is 0 Å². The van der Waals surface area contributed by atoms with E-state index in [4.69, 9.17) is 28.4 Å². The van der Waals surface area contributed by atoms with Crippen molar-refractivity contribution in [1.82, 2.24) is 0 Å². The summed E-state index contributed by atoms with van der Waals surface area (Å²) in [4.78, 5) is 12.8. The molecule has 7 fully saturated rings. The number of carboxylic acid groups (broad SMARTS) is 1. The molecule has 4 saturated carbocycles. The van der Waals surface area contributed by atoms with Gasteiger partial charge in [-0.25, -0.2) is 4.79 Å². The molecule has 5 aliphatic carbocycles. The minimum atomic E-state index is -2.09. The maximum Gasteiger partial charge on any atom is 0.335 e. The normalized spacial score (nSPS) is 55.3. The van der Waals surface area contributed by atoms with Gasteiger partial charge in [0.25, 0.3) is 0 Å². The average Bonchev–Trinajstić information content (AvgIpc) is 3.55. The van der Waals surface area contributed by atoms with E-state index in [1.54, 1.807) is 0 Å². The highest BCUT2D eigenvalue weighted by Crippen LogP contribution is 2.76. The van der Waals surface area contributed by atoms with Gasteiger partial charge in [0.2, 0.25) is 0 Å². The molecule has 8 rings (SSSR count). The summed E-state index contributed by atoms with van der Waals surface area (Å²) in [5.41, 5.74) is -3.20. The summed E-state index contributed by atoms with van der Waals surface area (Å²) >= 11 is 0. The van der Waals surface area contributed by atoms with Gasteiger partial charge in [-0.2, -0.15) is 0 Å². The number of carboxylic acids is 1. The molecule has 0 spiro atoms. The molecule has 0 radical (unpaired) electrons. The molecule has 0 amide bonds. The van der Waals surface area contributed by atoms with Crippen LogP contribution in [0, 0.1) is 56.2 Å². The zero-order chi connectivity index (χ0) is 50.2. The second kappa shape index (κ2) is 18.2. The minimum Gasteiger partial charge on any atom is -0.479 e. The lowest BCUT2D eigenvalue weighted by Gasteiger charge is -2.73. The molecule has 20 nitrogen and oxygen atoms in total. The van der Waals surface area contributed by atoms with E-state index in [2.05, 4.69) is 26.8 Å². The topological polar surface area (TPSA) is 335 Å². The van der Waals surface area contributed by atoms with Crippen LogP contribution < -0.4 is 0 Å². The van der Waals surface area contributed by atoms with E-state index >= 15 is 0 Å². The monoisotopic (exact) mass is 975 g/mol. The number of aliphatic hydroxyl groups is 12. The molecule has 3 aliphatic heterocycles. The summed E-state index contributed by atoms with van der Waals surface area (Å²) in [6.45, 7) is 14.6. The lowest BCUT2D eigenvalue weighted by molar-refractivity contribution is -0.386. The van der Waals surface area contributed by atoms with Gasteiger partial charge in [0.1, 0.15) is 61.0 Å². The molecule has 26 atom stereocenters. The molecule has 20 heteroatoms. The quantitative estimate of drug-likeness (QED) is 0.0876. The maximum atomic E-state index is 12.8. The number of allylic oxidation sites excluding steroid dienone is 1. The first-order chi connectivity index (χ1) is 31.6. The van der Waals surface area contributed by atoms with E-state index in [0.717, 1.165) is 5.57 Å². The van der Waals surface area contributed by atoms with Gasteiger partial charge in [-0.05, 0) is 83.9 Å². The number of hydrogen-bond donors (Lipinski definition) is 13. The number of ether oxygens (including phenoxy) is 6. The van der Waals surface area contributed by atoms with Gasteiger partial charge in [-0.15, -0.1) is 0 Å². The van der Waals surface area contributed by atoms with Crippen LogP contribution in [0.1, 0.15) is 93.9 Å². The molecule has 68 heavy (non-hydrogen) atoms. The molecular formula is C48H78O20. The van der Waals surface area contributed by atoms with E-state index in [9.17, 15) is 71.2 Å². The fourth-order valence-electron chi connectivity index (χ4n) is 15.7. The van der Waals surface area contributed by atoms with Crippen molar-refractivity contribution < 1.29 is 99.6 Å². The van der Waals surface area contributed by atoms with Gasteiger partial charge in [-0.1, -0.05) is 67.0 Å². The van der Waals surface area contributed by atoms with Gasteiger partial charge >= 0.3 is 5.97 Å². The van der Waals surface area contributed by atoms with Crippen molar-refractivity contribution >= 4 is 5.97 Å². The molecule has 8 unspecified atom stereocenters. The first kappa shape index (κ1) is 52.8. The molecule has 8 aliphatic rings. The summed E-state index contributed by atoms with van der Waals surface area (Å²) in [6.07, 6.45) is -23.3. The van der Waals surface area contributed by atoms with Gasteiger partial charge in [0.05, 0.1) is 44.2 Å². The Labute approximate surface area is 396 Å². The predicted molar refractivity (Wildman–Crippen MR) is 233 cm³/mol. The number of aliphatic carboxylic acids is 1. The third-order valence-electron chi connectivity index (χ3n) is 19.9. The number of aliphatic hydroxyl groups excluding tert-OH is 12. The Morgan fingerprint density at radius 1 is 0.662 bits per heavy atom. The molecule has 13 N–H and O–H groups in total. The van der Waals surface area contributed by atoms with Crippen LogP contribution in [0.2, 0.25) is 0 Å². The molecule has 0 aromatic rings. The Bertz CT molecular complexity index is 1880. The number of rotatable bonds is 10. The Kier molecular flexibility index (Phi) is 14.1. The Hall–Kier alpha value is -1.51. The van der Waals surface area contributed by atoms with E-state index in [1.807, 2.05) is 34.6 Å². The van der Waals surface area contributed by atoms with Crippen molar-refractivity contribution in [3.05, 3.63) is 11.6 Å². The van der Waals surface area contributed by atoms with Crippen molar-refractivity contribution in [1.29, 1.82) is 0 Å². The van der Waals surface area contributed by atoms with Crippen LogP contribution in [-0.4, -0.2) is 203 Å². The predicted octanol–water partition coefficient (Wildman–Crippen LogP) is -1.50. The van der Waals surface area contributed by atoms with Gasteiger partial charge < -0.3 is 94.8 Å². The van der Waals surface area contributed by atoms with Crippen LogP contribution in [-0.2, 0) is 33.2 Å². The Morgan fingerprint density at radius 3 is 1.81 bits per heavy atom. The Balaban J connectivity index is 1.12. The number of hydrogen-bond acceptors (Lipinski definition) is 19. The molecule has 3 saturated heterocycles. The molecule has 0 aromatic heterocycles. The van der Waals surface area contributed by atoms with Crippen molar-refractivity contribution in [2.24, 2.45) is 56.2 Å². The highest BCUT2D eigenvalue weighted by Gasteiger charge is 2.74. The lowest BCUT2D eigenvalue weighted by Crippen LogP contribution is -2.74. The standard InChI is InChI=1S/C48H78O20/c1-19-36(58)43(2,3)15-21-20-9-10-25-45(6)13-12-26(44(4,5)24(45)11-14-46(25,7)47(20,8)37(59)38(60)48(19,21)18-51)65-42-35(68-41-31(56)29(54)27(52)22(16-49)63-41)33(32(57)34(67-42)39(61)62)66-40-30(55)28(53)23(17-50)64-40/h9,19,21-38,40-42,49-60H,10-18H2,1-8H3,(H,61,62)/t19-,21?,22?,23-,24?,25?,26-,27-,28?,29+,30-,31?,32-,33+,34?,35?,36-,37-,38+,40-,41-,42+,45-,46+,47-,48-/m0/s1. The van der Waals surface area contributed by atoms with Gasteiger partial charge in [0.15, 0.2) is 25.0 Å². The fraction of sp³-hybridized carbons (Fsp3) is 0.938. The van der Waals surface area contributed by atoms with Crippen LogP contribution in [0.3, 0.4) is 0 Å². The number of fused-ring (bicyclic) bond motifs is 7. The third kappa shape index (κ3) is 7.47. The Morgan fingerprint density at radius 2 is 1.24 bits per heavy atom. The van der Waals surface area contributed by atoms with Crippen molar-refractivity contribution in [3.8, 4) is 0 Å². The van der Waals surface area contributed by atoms with Gasteiger partial charge in [0, 0.05) is 10.8 Å². The summed E-state index contributed by atoms with van der Waals surface area (Å²) in [5, 5.41) is 143. The van der Waals surface area contributed by atoms with E-state index < -0.39 is 175 Å². The van der Waals surface area contributed by atoms with E-state index in [1.165, 1.54) is 0 Å². The third-order valence-corrected chi connectivity index (χ3v) is 19.9. The lowest BCUT2D eigenvalue weighted by atomic mass is 9.32. The second-order valence-electron chi connectivity index (χ2n) is 23.6. The SMILES string of the molecule is C[C@H]1[C@H](O)C(C)(C)CC2C3=CCC4[C@@]5(C)CC[C@H](O[C@@H]6OC(C(=O)O)[C@@H](O)[C@@H](O[C@@H]7O[C@@H](CO)C(O)[C@@H]7O)C6O[C@@H]6OC(CO)[C@H](O)[C@@H](O)C6O)C(C)(C)C5CC[C@@]4(C)[C@]3(C)[C@@H](O)[C@@H](O)[C@]21CO. The van der Waals surface area contributed by atoms with Crippen LogP contribution in [0.15, 0.2) is 11.6 Å². The molecule has 3 heterocycles. The number of carbonyl (C=O) groups is 1. The summed E-state index contributed by atoms with van der Waals surface area (Å²) < 4.78 is 36.3. The highest BCUT2D eigenvalue weighted by atomic mass is 16.8. The fourth-order valence-corrected chi connectivity index (χ4v) is 15.7. The van der Waals surface area contributed by atoms with Crippen molar-refractivity contribution in [2.45, 2.75) is 204 Å². The van der Waals surface area contributed by atoms with Crippen molar-refractivity contribution in [3.63, 3.8) is 0 Å². The smallest absolute Gasteiger partial charge is 0.335 e. The van der Waals surface area contributed by atoms with Crippen LogP contribution in [0.25, 0.3) is 0 Å². The van der Waals surface area contributed by atoms with Crippen LogP contribution in [0.5, 0.6) is 0 Å². The summed E-state index contributed by atoms with van der Waals surface area (Å²) in [5.74, 6) is -2.50. The molecule has 390 valence electrons. The van der Waals surface area contributed by atoms with Crippen LogP contribution in [0.4, 0.5) is 0 Å². The zero-order valence-corrected chi connectivity index (χ0v) is 40.3. The zero-order valence-electron chi connectivity index (χ0n) is 40.3. The summed E-state index contributed by atoms with van der Waals surface area (Å²) in [6, 6.07) is 0. The maximum absolute atomic E-state index is 12.8. The molecule has 0 bridgehead atoms. The average molecular weight is 975 g/mol. The highest BCUT2D eigenvalue weighted by molar-refractivity contribution is 5.73. The first-order valence-corrected chi connectivity index (χ1v) is 24.5.